The van der Waals surface area contributed by atoms with Gasteiger partial charge in [0.1, 0.15) is 5.65 Å². The Morgan fingerprint density at radius 1 is 0.818 bits per heavy atom. The van der Waals surface area contributed by atoms with Gasteiger partial charge in [-0.2, -0.15) is 0 Å². The lowest BCUT2D eigenvalue weighted by atomic mass is 10.1. The van der Waals surface area contributed by atoms with E-state index in [1.807, 2.05) is 54.7 Å². The van der Waals surface area contributed by atoms with Gasteiger partial charge in [-0.05, 0) is 42.0 Å². The number of benzene rings is 2. The lowest BCUT2D eigenvalue weighted by Gasteiger charge is -2.03. The van der Waals surface area contributed by atoms with Crippen LogP contribution in [0.15, 0.2) is 79.1 Å². The number of hydrogen-bond acceptors (Lipinski definition) is 1. The summed E-state index contributed by atoms with van der Waals surface area (Å²) in [5.74, 6) is 0. The Morgan fingerprint density at radius 3 is 2.36 bits per heavy atom. The van der Waals surface area contributed by atoms with Crippen molar-refractivity contribution in [3.63, 3.8) is 0 Å². The first-order chi connectivity index (χ1) is 10.8. The van der Waals surface area contributed by atoms with Gasteiger partial charge in [-0.25, -0.2) is 4.98 Å². The van der Waals surface area contributed by atoms with E-state index >= 15 is 0 Å². The van der Waals surface area contributed by atoms with Crippen molar-refractivity contribution in [3.8, 4) is 16.8 Å². The highest BCUT2D eigenvalue weighted by atomic mass is 35.5. The summed E-state index contributed by atoms with van der Waals surface area (Å²) in [6.07, 6.45) is 3.96. The molecular weight excluding hydrogens is 292 g/mol. The lowest BCUT2D eigenvalue weighted by Crippen LogP contribution is -1.92. The minimum Gasteiger partial charge on any atom is -0.301 e. The highest BCUT2D eigenvalue weighted by molar-refractivity contribution is 6.30. The monoisotopic (exact) mass is 304 g/mol. The molecule has 0 bridgehead atoms. The Kier molecular flexibility index (Phi) is 3.17. The minimum atomic E-state index is 0.744. The maximum atomic E-state index is 6.00. The summed E-state index contributed by atoms with van der Waals surface area (Å²) in [6.45, 7) is 0. The van der Waals surface area contributed by atoms with Crippen LogP contribution in [0.2, 0.25) is 5.02 Å². The molecule has 3 heteroatoms. The van der Waals surface area contributed by atoms with E-state index in [2.05, 4.69) is 33.9 Å². The number of pyridine rings is 1. The molecule has 4 rings (SSSR count). The van der Waals surface area contributed by atoms with Crippen LogP contribution < -0.4 is 0 Å². The van der Waals surface area contributed by atoms with Gasteiger partial charge in [0.05, 0.1) is 0 Å². The molecule has 0 spiro atoms. The fourth-order valence-electron chi connectivity index (χ4n) is 2.70. The van der Waals surface area contributed by atoms with E-state index in [0.717, 1.165) is 32.9 Å². The predicted molar refractivity (Wildman–Crippen MR) is 91.5 cm³/mol. The molecule has 0 radical (unpaired) electrons. The lowest BCUT2D eigenvalue weighted by molar-refractivity contribution is 1.09. The third-order valence-corrected chi connectivity index (χ3v) is 4.00. The van der Waals surface area contributed by atoms with E-state index in [1.54, 1.807) is 0 Å². The minimum absolute atomic E-state index is 0.744. The van der Waals surface area contributed by atoms with Crippen molar-refractivity contribution >= 4 is 22.6 Å². The van der Waals surface area contributed by atoms with Gasteiger partial charge in [0.25, 0.3) is 0 Å². The molecule has 0 atom stereocenters. The normalized spacial score (nSPS) is 11.0. The number of rotatable bonds is 2. The first kappa shape index (κ1) is 13.1. The van der Waals surface area contributed by atoms with Gasteiger partial charge in [-0.1, -0.05) is 41.9 Å². The van der Waals surface area contributed by atoms with E-state index in [1.165, 1.54) is 0 Å². The van der Waals surface area contributed by atoms with Crippen LogP contribution in [0, 0.1) is 0 Å². The van der Waals surface area contributed by atoms with Gasteiger partial charge in [-0.3, -0.25) is 0 Å². The van der Waals surface area contributed by atoms with Crippen molar-refractivity contribution in [1.82, 2.24) is 9.55 Å². The summed E-state index contributed by atoms with van der Waals surface area (Å²) in [7, 11) is 0. The average Bonchev–Trinajstić information content (AvgIpc) is 2.96. The third-order valence-electron chi connectivity index (χ3n) is 3.75. The molecule has 22 heavy (non-hydrogen) atoms. The van der Waals surface area contributed by atoms with E-state index < -0.39 is 0 Å². The molecule has 0 saturated carbocycles. The molecule has 0 unspecified atom stereocenters. The maximum absolute atomic E-state index is 6.00. The summed E-state index contributed by atoms with van der Waals surface area (Å²) in [5.41, 5.74) is 4.35. The van der Waals surface area contributed by atoms with Crippen LogP contribution in [-0.4, -0.2) is 9.55 Å². The molecule has 0 amide bonds. The van der Waals surface area contributed by atoms with Gasteiger partial charge >= 0.3 is 0 Å². The predicted octanol–water partition coefficient (Wildman–Crippen LogP) is 5.35. The Labute approximate surface area is 133 Å². The van der Waals surface area contributed by atoms with Crippen LogP contribution in [0.4, 0.5) is 0 Å². The van der Waals surface area contributed by atoms with E-state index in [9.17, 15) is 0 Å². The third kappa shape index (κ3) is 2.18. The summed E-state index contributed by atoms with van der Waals surface area (Å²) < 4.78 is 2.12. The van der Waals surface area contributed by atoms with Gasteiger partial charge in [0.15, 0.2) is 0 Å². The standard InChI is InChI=1S/C19H13ClN2/c20-15-10-8-14(9-11-15)18-13-22(16-5-2-1-3-6-16)19-17(18)7-4-12-21-19/h1-13H. The molecule has 106 valence electrons. The van der Waals surface area contributed by atoms with Crippen molar-refractivity contribution < 1.29 is 0 Å². The van der Waals surface area contributed by atoms with Crippen molar-refractivity contribution in [1.29, 1.82) is 0 Å². The molecule has 4 aromatic rings. The molecule has 2 aromatic carbocycles. The number of halogens is 1. The van der Waals surface area contributed by atoms with Crippen LogP contribution >= 0.6 is 11.6 Å². The molecule has 2 nitrogen and oxygen atoms in total. The number of aromatic nitrogens is 2. The van der Waals surface area contributed by atoms with E-state index in [-0.39, 0.29) is 0 Å². The average molecular weight is 305 g/mol. The van der Waals surface area contributed by atoms with Crippen LogP contribution in [-0.2, 0) is 0 Å². The van der Waals surface area contributed by atoms with Crippen LogP contribution in [0.5, 0.6) is 0 Å². The van der Waals surface area contributed by atoms with Crippen molar-refractivity contribution in [2.45, 2.75) is 0 Å². The molecule has 0 aliphatic heterocycles. The fourth-order valence-corrected chi connectivity index (χ4v) is 2.83. The summed E-state index contributed by atoms with van der Waals surface area (Å²) >= 11 is 6.00. The van der Waals surface area contributed by atoms with E-state index in [4.69, 9.17) is 11.6 Å². The molecule has 0 aliphatic rings. The zero-order chi connectivity index (χ0) is 14.9. The second-order valence-corrected chi connectivity index (χ2v) is 5.57. The van der Waals surface area contributed by atoms with Crippen LogP contribution in [0.3, 0.4) is 0 Å². The quantitative estimate of drug-likeness (QED) is 0.488. The number of hydrogen-bond donors (Lipinski definition) is 0. The summed E-state index contributed by atoms with van der Waals surface area (Å²) in [6, 6.07) is 22.2. The molecule has 0 saturated heterocycles. The second-order valence-electron chi connectivity index (χ2n) is 5.13. The largest absolute Gasteiger partial charge is 0.301 e. The molecule has 0 N–H and O–H groups in total. The fraction of sp³-hybridized carbons (Fsp3) is 0. The highest BCUT2D eigenvalue weighted by Gasteiger charge is 2.11. The van der Waals surface area contributed by atoms with Gasteiger partial charge in [-0.15, -0.1) is 0 Å². The molecule has 2 heterocycles. The molecule has 2 aromatic heterocycles. The summed E-state index contributed by atoms with van der Waals surface area (Å²) in [5, 5.41) is 1.88. The first-order valence-corrected chi connectivity index (χ1v) is 7.48. The van der Waals surface area contributed by atoms with Gasteiger partial charge in [0.2, 0.25) is 0 Å². The van der Waals surface area contributed by atoms with Crippen LogP contribution in [0.1, 0.15) is 0 Å². The topological polar surface area (TPSA) is 17.8 Å². The number of fused-ring (bicyclic) bond motifs is 1. The number of nitrogens with zero attached hydrogens (tertiary/aromatic N) is 2. The first-order valence-electron chi connectivity index (χ1n) is 7.10. The Morgan fingerprint density at radius 2 is 1.59 bits per heavy atom. The molecule has 0 fully saturated rings. The Hall–Kier alpha value is -2.58. The molecular formula is C19H13ClN2. The maximum Gasteiger partial charge on any atom is 0.145 e. The second kappa shape index (κ2) is 5.32. The van der Waals surface area contributed by atoms with Crippen LogP contribution in [0.25, 0.3) is 27.8 Å². The Balaban J connectivity index is 1.99. The zero-order valence-electron chi connectivity index (χ0n) is 11.8. The summed E-state index contributed by atoms with van der Waals surface area (Å²) in [4.78, 5) is 4.56. The van der Waals surface area contributed by atoms with Crippen molar-refractivity contribution in [3.05, 3.63) is 84.1 Å². The highest BCUT2D eigenvalue weighted by Crippen LogP contribution is 2.32. The Bertz CT molecular complexity index is 925. The zero-order valence-corrected chi connectivity index (χ0v) is 12.5. The SMILES string of the molecule is Clc1ccc(-c2cn(-c3ccccc3)c3ncccc23)cc1. The number of para-hydroxylation sites is 1. The van der Waals surface area contributed by atoms with Gasteiger partial charge < -0.3 is 4.57 Å². The van der Waals surface area contributed by atoms with Crippen molar-refractivity contribution in [2.75, 3.05) is 0 Å². The van der Waals surface area contributed by atoms with Gasteiger partial charge in [0, 0.05) is 34.1 Å². The van der Waals surface area contributed by atoms with E-state index in [0.29, 0.717) is 0 Å². The smallest absolute Gasteiger partial charge is 0.145 e. The molecule has 0 aliphatic carbocycles. The van der Waals surface area contributed by atoms with Crippen molar-refractivity contribution in [2.24, 2.45) is 0 Å².